The molecule has 1 aliphatic heterocycles. The molecule has 1 fully saturated rings. The van der Waals surface area contributed by atoms with Crippen molar-refractivity contribution in [3.8, 4) is 0 Å². The van der Waals surface area contributed by atoms with Crippen molar-refractivity contribution < 1.29 is 19.1 Å². The summed E-state index contributed by atoms with van der Waals surface area (Å²) in [6, 6.07) is -0.535. The number of esters is 1. The van der Waals surface area contributed by atoms with E-state index in [1.165, 1.54) is 18.1 Å². The smallest absolute Gasteiger partial charge is 0.328 e. The monoisotopic (exact) mass is 280 g/mol. The zero-order valence-electron chi connectivity index (χ0n) is 11.7. The first-order valence-electron chi connectivity index (χ1n) is 6.43. The zero-order chi connectivity index (χ0) is 15.1. The first-order valence-corrected chi connectivity index (χ1v) is 6.43. The molecule has 0 aromatic heterocycles. The van der Waals surface area contributed by atoms with Crippen LogP contribution in [0.15, 0.2) is 24.8 Å². The molecule has 0 bridgehead atoms. The van der Waals surface area contributed by atoms with Crippen molar-refractivity contribution in [2.24, 2.45) is 0 Å². The lowest BCUT2D eigenvalue weighted by Crippen LogP contribution is -2.45. The van der Waals surface area contributed by atoms with Crippen LogP contribution in [0.5, 0.6) is 0 Å². The van der Waals surface area contributed by atoms with Crippen LogP contribution in [-0.4, -0.2) is 48.9 Å². The highest BCUT2D eigenvalue weighted by Gasteiger charge is 2.34. The van der Waals surface area contributed by atoms with Crippen LogP contribution in [0.4, 0.5) is 0 Å². The fraction of sp³-hybridized carbons (Fsp3) is 0.500. The molecule has 0 aromatic rings. The number of carbonyl (C=O) groups excluding carboxylic acids is 3. The topological polar surface area (TPSA) is 75.7 Å². The number of hydrogen-bond donors (Lipinski definition) is 1. The maximum Gasteiger partial charge on any atom is 0.328 e. The van der Waals surface area contributed by atoms with Gasteiger partial charge in [0.1, 0.15) is 6.04 Å². The van der Waals surface area contributed by atoms with Gasteiger partial charge in [0.25, 0.3) is 0 Å². The molecule has 1 N–H and O–H groups in total. The summed E-state index contributed by atoms with van der Waals surface area (Å²) < 4.78 is 4.66. The average Bonchev–Trinajstić information content (AvgIpc) is 2.93. The van der Waals surface area contributed by atoms with E-state index in [0.29, 0.717) is 18.5 Å². The fourth-order valence-electron chi connectivity index (χ4n) is 2.06. The van der Waals surface area contributed by atoms with Crippen LogP contribution in [0.1, 0.15) is 19.3 Å². The summed E-state index contributed by atoms with van der Waals surface area (Å²) in [5.74, 6) is -0.991. The van der Waals surface area contributed by atoms with Gasteiger partial charge in [0.2, 0.25) is 11.8 Å². The van der Waals surface area contributed by atoms with Crippen LogP contribution in [0, 0.1) is 0 Å². The molecule has 0 radical (unpaired) electrons. The van der Waals surface area contributed by atoms with Gasteiger partial charge in [-0.1, -0.05) is 19.2 Å². The Morgan fingerprint density at radius 2 is 2.15 bits per heavy atom. The third-order valence-corrected chi connectivity index (χ3v) is 3.16. The molecule has 110 valence electrons. The Hall–Kier alpha value is -2.11. The lowest BCUT2D eigenvalue weighted by molar-refractivity contribution is -0.150. The van der Waals surface area contributed by atoms with Gasteiger partial charge in [0.15, 0.2) is 0 Å². The number of likely N-dealkylation sites (tertiary alicyclic amines) is 1. The molecular weight excluding hydrogens is 260 g/mol. The van der Waals surface area contributed by atoms with E-state index in [-0.39, 0.29) is 24.8 Å². The van der Waals surface area contributed by atoms with Crippen LogP contribution in [0.2, 0.25) is 0 Å². The van der Waals surface area contributed by atoms with E-state index >= 15 is 0 Å². The molecule has 0 aromatic carbocycles. The van der Waals surface area contributed by atoms with Crippen LogP contribution in [-0.2, 0) is 19.1 Å². The summed E-state index contributed by atoms with van der Waals surface area (Å²) in [5, 5.41) is 2.51. The Morgan fingerprint density at radius 1 is 1.45 bits per heavy atom. The normalized spacial score (nSPS) is 17.4. The van der Waals surface area contributed by atoms with Gasteiger partial charge in [-0.05, 0) is 18.4 Å². The molecule has 0 aliphatic carbocycles. The number of rotatable bonds is 6. The standard InChI is InChI=1S/C14H20N2O4/c1-4-10(2)8-12(17)15-9-13(18)16-7-5-6-11(16)14(19)20-3/h4,11H,1-2,5-9H2,3H3,(H,15,17). The molecular formula is C14H20N2O4. The predicted octanol–water partition coefficient (Wildman–Crippen LogP) is 0.399. The Bertz CT molecular complexity index is 431. The Kier molecular flexibility index (Phi) is 5.96. The lowest BCUT2D eigenvalue weighted by atomic mass is 10.2. The van der Waals surface area contributed by atoms with E-state index < -0.39 is 12.0 Å². The maximum absolute atomic E-state index is 12.0. The van der Waals surface area contributed by atoms with E-state index in [2.05, 4.69) is 23.2 Å². The highest BCUT2D eigenvalue weighted by Crippen LogP contribution is 2.18. The number of allylic oxidation sites excluding steroid dienone is 1. The Morgan fingerprint density at radius 3 is 2.75 bits per heavy atom. The number of nitrogens with zero attached hydrogens (tertiary/aromatic N) is 1. The molecule has 1 aliphatic rings. The molecule has 1 heterocycles. The SMILES string of the molecule is C=CC(=C)CC(=O)NCC(=O)N1CCCC1C(=O)OC. The Balaban J connectivity index is 2.46. The van der Waals surface area contributed by atoms with Crippen LogP contribution in [0.3, 0.4) is 0 Å². The molecule has 6 heteroatoms. The largest absolute Gasteiger partial charge is 0.467 e. The second-order valence-corrected chi connectivity index (χ2v) is 4.58. The zero-order valence-corrected chi connectivity index (χ0v) is 11.7. The van der Waals surface area contributed by atoms with E-state index in [1.54, 1.807) is 0 Å². The van der Waals surface area contributed by atoms with Gasteiger partial charge in [-0.3, -0.25) is 9.59 Å². The number of hydrogen-bond acceptors (Lipinski definition) is 4. The van der Waals surface area contributed by atoms with Gasteiger partial charge < -0.3 is 15.0 Å². The van der Waals surface area contributed by atoms with Gasteiger partial charge in [-0.2, -0.15) is 0 Å². The molecule has 1 atom stereocenters. The molecule has 1 saturated heterocycles. The third kappa shape index (κ3) is 4.22. The van der Waals surface area contributed by atoms with Crippen molar-refractivity contribution in [3.63, 3.8) is 0 Å². The van der Waals surface area contributed by atoms with Crippen LogP contribution in [0.25, 0.3) is 0 Å². The summed E-state index contributed by atoms with van der Waals surface area (Å²) in [4.78, 5) is 36.5. The van der Waals surface area contributed by atoms with Crippen LogP contribution < -0.4 is 5.32 Å². The molecule has 2 amide bonds. The third-order valence-electron chi connectivity index (χ3n) is 3.16. The molecule has 1 rings (SSSR count). The number of ether oxygens (including phenoxy) is 1. The van der Waals surface area contributed by atoms with E-state index in [9.17, 15) is 14.4 Å². The summed E-state index contributed by atoms with van der Waals surface area (Å²) in [6.07, 6.45) is 2.96. The minimum Gasteiger partial charge on any atom is -0.467 e. The highest BCUT2D eigenvalue weighted by atomic mass is 16.5. The fourth-order valence-corrected chi connectivity index (χ4v) is 2.06. The summed E-state index contributed by atoms with van der Waals surface area (Å²) in [5.41, 5.74) is 0.587. The van der Waals surface area contributed by atoms with Crippen molar-refractivity contribution in [2.75, 3.05) is 20.2 Å². The Labute approximate surface area is 118 Å². The van der Waals surface area contributed by atoms with E-state index in [1.807, 2.05) is 0 Å². The van der Waals surface area contributed by atoms with E-state index in [0.717, 1.165) is 6.42 Å². The average molecular weight is 280 g/mol. The second-order valence-electron chi connectivity index (χ2n) is 4.58. The minimum atomic E-state index is -0.535. The van der Waals surface area contributed by atoms with Gasteiger partial charge in [-0.25, -0.2) is 4.79 Å². The van der Waals surface area contributed by atoms with Gasteiger partial charge in [0.05, 0.1) is 20.1 Å². The first-order chi connectivity index (χ1) is 9.49. The number of amides is 2. The van der Waals surface area contributed by atoms with Crippen molar-refractivity contribution in [1.82, 2.24) is 10.2 Å². The summed E-state index contributed by atoms with van der Waals surface area (Å²) in [7, 11) is 1.30. The second kappa shape index (κ2) is 7.47. The number of carbonyl (C=O) groups is 3. The van der Waals surface area contributed by atoms with Gasteiger partial charge >= 0.3 is 5.97 Å². The first kappa shape index (κ1) is 15.9. The quantitative estimate of drug-likeness (QED) is 0.564. The molecule has 1 unspecified atom stereocenters. The summed E-state index contributed by atoms with van der Waals surface area (Å²) >= 11 is 0. The van der Waals surface area contributed by atoms with E-state index in [4.69, 9.17) is 0 Å². The number of nitrogens with one attached hydrogen (secondary N) is 1. The number of methoxy groups -OCH3 is 1. The van der Waals surface area contributed by atoms with Crippen molar-refractivity contribution >= 4 is 17.8 Å². The maximum atomic E-state index is 12.0. The van der Waals surface area contributed by atoms with Gasteiger partial charge in [0, 0.05) is 6.54 Å². The molecule has 6 nitrogen and oxygen atoms in total. The predicted molar refractivity (Wildman–Crippen MR) is 73.7 cm³/mol. The van der Waals surface area contributed by atoms with Crippen molar-refractivity contribution in [3.05, 3.63) is 24.8 Å². The molecule has 0 saturated carbocycles. The van der Waals surface area contributed by atoms with Crippen molar-refractivity contribution in [2.45, 2.75) is 25.3 Å². The van der Waals surface area contributed by atoms with Crippen LogP contribution >= 0.6 is 0 Å². The minimum absolute atomic E-state index is 0.108. The van der Waals surface area contributed by atoms with Crippen molar-refractivity contribution in [1.29, 1.82) is 0 Å². The summed E-state index contributed by atoms with van der Waals surface area (Å²) in [6.45, 7) is 7.51. The van der Waals surface area contributed by atoms with Gasteiger partial charge in [-0.15, -0.1) is 0 Å². The highest BCUT2D eigenvalue weighted by molar-refractivity contribution is 5.89. The lowest BCUT2D eigenvalue weighted by Gasteiger charge is -2.22. The molecule has 0 spiro atoms. The molecule has 20 heavy (non-hydrogen) atoms.